The Morgan fingerprint density at radius 2 is 2.35 bits per heavy atom. The van der Waals surface area contributed by atoms with Crippen LogP contribution in [-0.2, 0) is 10.3 Å². The molecule has 0 amide bonds. The molecular weight excluding hydrogens is 282 g/mol. The van der Waals surface area contributed by atoms with Crippen LogP contribution in [0.3, 0.4) is 0 Å². The van der Waals surface area contributed by atoms with Gasteiger partial charge in [0.2, 0.25) is 0 Å². The quantitative estimate of drug-likeness (QED) is 0.795. The highest BCUT2D eigenvalue weighted by molar-refractivity contribution is 9.10. The number of imidazole rings is 1. The molecule has 0 radical (unpaired) electrons. The zero-order chi connectivity index (χ0) is 12.0. The maximum Gasteiger partial charge on any atom is 0.139 e. The third-order valence-corrected chi connectivity index (χ3v) is 3.76. The van der Waals surface area contributed by atoms with Crippen molar-refractivity contribution in [3.63, 3.8) is 0 Å². The standard InChI is InChI=1S/C12H14BrN3O/c1-12(3-2-4-17-12)11-15-9-6-7(13)5-8(14)10(9)16-11/h5-6H,2-4,14H2,1H3,(H,15,16). The Balaban J connectivity index is 2.16. The summed E-state index contributed by atoms with van der Waals surface area (Å²) in [4.78, 5) is 7.89. The van der Waals surface area contributed by atoms with E-state index in [0.29, 0.717) is 5.69 Å². The number of aromatic amines is 1. The van der Waals surface area contributed by atoms with Crippen LogP contribution in [0.25, 0.3) is 11.0 Å². The number of nitrogens with zero attached hydrogens (tertiary/aromatic N) is 1. The van der Waals surface area contributed by atoms with Crippen molar-refractivity contribution in [3.05, 3.63) is 22.4 Å². The first-order valence-corrected chi connectivity index (χ1v) is 6.47. The highest BCUT2D eigenvalue weighted by atomic mass is 79.9. The maximum absolute atomic E-state index is 5.96. The van der Waals surface area contributed by atoms with E-state index in [0.717, 1.165) is 40.8 Å². The van der Waals surface area contributed by atoms with Crippen LogP contribution in [0, 0.1) is 0 Å². The summed E-state index contributed by atoms with van der Waals surface area (Å²) in [5, 5.41) is 0. The fraction of sp³-hybridized carbons (Fsp3) is 0.417. The Bertz CT molecular complexity index is 572. The molecule has 1 atom stereocenters. The Hall–Kier alpha value is -1.07. The van der Waals surface area contributed by atoms with Gasteiger partial charge in [0.05, 0.1) is 11.2 Å². The number of anilines is 1. The number of aromatic nitrogens is 2. The summed E-state index contributed by atoms with van der Waals surface area (Å²) in [5.41, 5.74) is 8.11. The minimum absolute atomic E-state index is 0.294. The molecule has 17 heavy (non-hydrogen) atoms. The van der Waals surface area contributed by atoms with Crippen molar-refractivity contribution in [1.29, 1.82) is 0 Å². The molecule has 0 spiro atoms. The SMILES string of the molecule is CC1(c2nc3c(N)cc(Br)cc3[nH]2)CCCO1. The number of benzene rings is 1. The number of H-pyrrole nitrogens is 1. The van der Waals surface area contributed by atoms with Gasteiger partial charge < -0.3 is 15.5 Å². The van der Waals surface area contributed by atoms with E-state index in [9.17, 15) is 0 Å². The molecule has 1 saturated heterocycles. The van der Waals surface area contributed by atoms with Crippen LogP contribution in [0.1, 0.15) is 25.6 Å². The molecule has 0 bridgehead atoms. The molecule has 2 aromatic rings. The smallest absolute Gasteiger partial charge is 0.139 e. The fourth-order valence-corrected chi connectivity index (χ4v) is 2.80. The Morgan fingerprint density at radius 3 is 3.06 bits per heavy atom. The number of ether oxygens (including phenoxy) is 1. The molecule has 1 unspecified atom stereocenters. The van der Waals surface area contributed by atoms with Crippen LogP contribution in [-0.4, -0.2) is 16.6 Å². The second-order valence-corrected chi connectivity index (χ2v) is 5.58. The van der Waals surface area contributed by atoms with E-state index in [1.807, 2.05) is 12.1 Å². The molecule has 4 nitrogen and oxygen atoms in total. The van der Waals surface area contributed by atoms with Gasteiger partial charge >= 0.3 is 0 Å². The van der Waals surface area contributed by atoms with Gasteiger partial charge in [-0.3, -0.25) is 0 Å². The van der Waals surface area contributed by atoms with Crippen molar-refractivity contribution < 1.29 is 4.74 Å². The van der Waals surface area contributed by atoms with Gasteiger partial charge in [-0.25, -0.2) is 4.98 Å². The lowest BCUT2D eigenvalue weighted by molar-refractivity contribution is 0.0103. The van der Waals surface area contributed by atoms with Crippen LogP contribution in [0.4, 0.5) is 5.69 Å². The zero-order valence-electron chi connectivity index (χ0n) is 9.59. The first-order valence-electron chi connectivity index (χ1n) is 5.68. The fourth-order valence-electron chi connectivity index (χ4n) is 2.32. The van der Waals surface area contributed by atoms with Crippen molar-refractivity contribution in [3.8, 4) is 0 Å². The van der Waals surface area contributed by atoms with E-state index in [-0.39, 0.29) is 5.60 Å². The number of rotatable bonds is 1. The molecule has 0 aliphatic carbocycles. The predicted octanol–water partition coefficient (Wildman–Crippen LogP) is 2.93. The van der Waals surface area contributed by atoms with Crippen molar-refractivity contribution in [2.45, 2.75) is 25.4 Å². The van der Waals surface area contributed by atoms with Crippen LogP contribution in [0.15, 0.2) is 16.6 Å². The van der Waals surface area contributed by atoms with Gasteiger partial charge in [-0.05, 0) is 31.9 Å². The van der Waals surface area contributed by atoms with Crippen LogP contribution >= 0.6 is 15.9 Å². The van der Waals surface area contributed by atoms with Crippen LogP contribution in [0.2, 0.25) is 0 Å². The van der Waals surface area contributed by atoms with Gasteiger partial charge in [0, 0.05) is 11.1 Å². The first-order chi connectivity index (χ1) is 8.08. The lowest BCUT2D eigenvalue weighted by Crippen LogP contribution is -2.21. The van der Waals surface area contributed by atoms with Gasteiger partial charge in [0.15, 0.2) is 0 Å². The van der Waals surface area contributed by atoms with Crippen LogP contribution in [0.5, 0.6) is 0 Å². The summed E-state index contributed by atoms with van der Waals surface area (Å²) >= 11 is 3.43. The van der Waals surface area contributed by atoms with Crippen molar-refractivity contribution in [2.75, 3.05) is 12.3 Å². The van der Waals surface area contributed by atoms with Gasteiger partial charge in [-0.1, -0.05) is 15.9 Å². The number of hydrogen-bond donors (Lipinski definition) is 2. The first kappa shape index (κ1) is 11.0. The molecule has 3 N–H and O–H groups in total. The number of halogens is 1. The molecule has 5 heteroatoms. The second-order valence-electron chi connectivity index (χ2n) is 4.66. The zero-order valence-corrected chi connectivity index (χ0v) is 11.2. The van der Waals surface area contributed by atoms with E-state index in [1.165, 1.54) is 0 Å². The summed E-state index contributed by atoms with van der Waals surface area (Å²) in [7, 11) is 0. The second kappa shape index (κ2) is 3.71. The van der Waals surface area contributed by atoms with Gasteiger partial charge in [0.25, 0.3) is 0 Å². The lowest BCUT2D eigenvalue weighted by atomic mass is 10.0. The molecule has 1 aliphatic heterocycles. The molecule has 1 fully saturated rings. The predicted molar refractivity (Wildman–Crippen MR) is 70.7 cm³/mol. The topological polar surface area (TPSA) is 63.9 Å². The molecule has 1 aromatic heterocycles. The molecule has 2 heterocycles. The van der Waals surface area contributed by atoms with E-state index in [1.54, 1.807) is 0 Å². The molecule has 0 saturated carbocycles. The van der Waals surface area contributed by atoms with Gasteiger partial charge in [-0.2, -0.15) is 0 Å². The van der Waals surface area contributed by atoms with Crippen LogP contribution < -0.4 is 5.73 Å². The lowest BCUT2D eigenvalue weighted by Gasteiger charge is -2.19. The number of nitrogen functional groups attached to an aromatic ring is 1. The highest BCUT2D eigenvalue weighted by Crippen LogP contribution is 2.36. The Labute approximate surface area is 108 Å². The normalized spacial score (nSPS) is 24.6. The molecule has 3 rings (SSSR count). The maximum atomic E-state index is 5.96. The molecule has 1 aromatic carbocycles. The third kappa shape index (κ3) is 1.73. The minimum Gasteiger partial charge on any atom is -0.397 e. The van der Waals surface area contributed by atoms with Gasteiger partial charge in [0.1, 0.15) is 16.9 Å². The average Bonchev–Trinajstić information content (AvgIpc) is 2.84. The summed E-state index contributed by atoms with van der Waals surface area (Å²) in [5.74, 6) is 0.870. The number of fused-ring (bicyclic) bond motifs is 1. The largest absolute Gasteiger partial charge is 0.397 e. The van der Waals surface area contributed by atoms with Crippen molar-refractivity contribution in [2.24, 2.45) is 0 Å². The summed E-state index contributed by atoms with van der Waals surface area (Å²) < 4.78 is 6.73. The highest BCUT2D eigenvalue weighted by Gasteiger charge is 2.35. The molecule has 1 aliphatic rings. The van der Waals surface area contributed by atoms with E-state index < -0.39 is 0 Å². The summed E-state index contributed by atoms with van der Waals surface area (Å²) in [6.07, 6.45) is 2.07. The number of hydrogen-bond acceptors (Lipinski definition) is 3. The Morgan fingerprint density at radius 1 is 1.53 bits per heavy atom. The summed E-state index contributed by atoms with van der Waals surface area (Å²) in [6, 6.07) is 3.85. The molecule has 90 valence electrons. The van der Waals surface area contributed by atoms with E-state index in [4.69, 9.17) is 10.5 Å². The van der Waals surface area contributed by atoms with Gasteiger partial charge in [-0.15, -0.1) is 0 Å². The minimum atomic E-state index is -0.294. The van der Waals surface area contributed by atoms with E-state index >= 15 is 0 Å². The average molecular weight is 296 g/mol. The van der Waals surface area contributed by atoms with Crippen molar-refractivity contribution >= 4 is 32.7 Å². The van der Waals surface area contributed by atoms with E-state index in [2.05, 4.69) is 32.8 Å². The monoisotopic (exact) mass is 295 g/mol. The Kier molecular flexibility index (Phi) is 2.41. The van der Waals surface area contributed by atoms with Crippen molar-refractivity contribution in [1.82, 2.24) is 9.97 Å². The number of nitrogens with one attached hydrogen (secondary N) is 1. The molecular formula is C12H14BrN3O. The third-order valence-electron chi connectivity index (χ3n) is 3.30. The summed E-state index contributed by atoms with van der Waals surface area (Å²) in [6.45, 7) is 2.87. The number of nitrogens with two attached hydrogens (primary N) is 1.